The Labute approximate surface area is 142 Å². The van der Waals surface area contributed by atoms with Crippen LogP contribution in [-0.4, -0.2) is 17.7 Å². The zero-order valence-corrected chi connectivity index (χ0v) is 14.5. The van der Waals surface area contributed by atoms with Gasteiger partial charge in [-0.25, -0.2) is 0 Å². The van der Waals surface area contributed by atoms with Gasteiger partial charge in [-0.05, 0) is 36.7 Å². The van der Waals surface area contributed by atoms with Gasteiger partial charge < -0.3 is 14.6 Å². The van der Waals surface area contributed by atoms with Crippen LogP contribution in [0.4, 0.5) is 0 Å². The van der Waals surface area contributed by atoms with Gasteiger partial charge in [0.15, 0.2) is 11.5 Å². The van der Waals surface area contributed by atoms with Crippen molar-refractivity contribution in [1.29, 1.82) is 0 Å². The van der Waals surface area contributed by atoms with Crippen LogP contribution in [0.25, 0.3) is 0 Å². The van der Waals surface area contributed by atoms with Crippen LogP contribution in [0.15, 0.2) is 6.07 Å². The highest BCUT2D eigenvalue weighted by atomic mass is 16.5. The lowest BCUT2D eigenvalue weighted by Gasteiger charge is -2.58. The quantitative estimate of drug-likeness (QED) is 0.733. The SMILES string of the molecule is C[C@H]1COc2c1cc1c(c2O)[C@@]23CCCC(C)(C)[C@H]2C[C@@H]1OC3=O. The number of esters is 1. The van der Waals surface area contributed by atoms with Crippen LogP contribution in [0.5, 0.6) is 11.5 Å². The Kier molecular flexibility index (Phi) is 2.60. The number of carbonyl (C=O) groups is 1. The van der Waals surface area contributed by atoms with Gasteiger partial charge in [-0.15, -0.1) is 0 Å². The van der Waals surface area contributed by atoms with E-state index in [0.29, 0.717) is 12.4 Å². The van der Waals surface area contributed by atoms with E-state index in [0.717, 1.165) is 42.4 Å². The summed E-state index contributed by atoms with van der Waals surface area (Å²) >= 11 is 0. The molecule has 0 unspecified atom stereocenters. The van der Waals surface area contributed by atoms with E-state index in [1.54, 1.807) is 0 Å². The summed E-state index contributed by atoms with van der Waals surface area (Å²) in [6, 6.07) is 2.14. The van der Waals surface area contributed by atoms with E-state index in [-0.39, 0.29) is 35.1 Å². The summed E-state index contributed by atoms with van der Waals surface area (Å²) in [6.07, 6.45) is 3.52. The molecule has 3 heterocycles. The molecule has 6 rings (SSSR count). The van der Waals surface area contributed by atoms with E-state index >= 15 is 0 Å². The third kappa shape index (κ3) is 1.49. The van der Waals surface area contributed by atoms with Gasteiger partial charge in [0.05, 0.1) is 6.61 Å². The summed E-state index contributed by atoms with van der Waals surface area (Å²) in [6.45, 7) is 7.22. The first kappa shape index (κ1) is 14.6. The van der Waals surface area contributed by atoms with E-state index in [1.807, 2.05) is 0 Å². The maximum absolute atomic E-state index is 13.0. The van der Waals surface area contributed by atoms with Crippen molar-refractivity contribution in [2.45, 2.75) is 63.9 Å². The number of phenols is 1. The zero-order valence-electron chi connectivity index (χ0n) is 14.5. The van der Waals surface area contributed by atoms with Crippen molar-refractivity contribution in [3.05, 3.63) is 22.8 Å². The van der Waals surface area contributed by atoms with Gasteiger partial charge in [-0.1, -0.05) is 27.2 Å². The molecule has 1 spiro atoms. The highest BCUT2D eigenvalue weighted by Gasteiger charge is 2.65. The number of phenolic OH excluding ortho intramolecular Hbond substituents is 1. The molecule has 1 N–H and O–H groups in total. The predicted octanol–water partition coefficient (Wildman–Crippen LogP) is 3.95. The second-order valence-corrected chi connectivity index (χ2v) is 8.82. The summed E-state index contributed by atoms with van der Waals surface area (Å²) in [4.78, 5) is 13.0. The highest BCUT2D eigenvalue weighted by molar-refractivity contribution is 5.90. The maximum atomic E-state index is 13.0. The maximum Gasteiger partial charge on any atom is 0.317 e. The standard InChI is InChI=1S/C20H24O4/c1-10-9-23-17-11(10)7-12-13-8-14-19(2,3)5-4-6-20(14,18(22)24-13)15(12)16(17)21/h7,10,13-14,21H,4-6,8-9H2,1-3H3/t10-,13-,14+,20+/m0/s1. The zero-order chi connectivity index (χ0) is 16.9. The van der Waals surface area contributed by atoms with Crippen LogP contribution in [0.1, 0.15) is 75.2 Å². The minimum absolute atomic E-state index is 0.0766. The number of benzene rings is 1. The molecule has 4 heteroatoms. The van der Waals surface area contributed by atoms with Crippen LogP contribution in [-0.2, 0) is 14.9 Å². The Morgan fingerprint density at radius 3 is 2.83 bits per heavy atom. The lowest BCUT2D eigenvalue weighted by molar-refractivity contribution is -0.185. The molecule has 0 aromatic heterocycles. The number of ether oxygens (including phenoxy) is 2. The van der Waals surface area contributed by atoms with Crippen molar-refractivity contribution in [2.24, 2.45) is 11.3 Å². The van der Waals surface area contributed by atoms with E-state index < -0.39 is 5.41 Å². The molecule has 4 nitrogen and oxygen atoms in total. The van der Waals surface area contributed by atoms with Crippen molar-refractivity contribution in [2.75, 3.05) is 6.61 Å². The van der Waals surface area contributed by atoms with Gasteiger partial charge in [-0.3, -0.25) is 4.79 Å². The summed E-state index contributed by atoms with van der Waals surface area (Å²) in [5.74, 6) is 1.16. The van der Waals surface area contributed by atoms with Gasteiger partial charge in [0.1, 0.15) is 11.5 Å². The van der Waals surface area contributed by atoms with E-state index in [1.165, 1.54) is 0 Å². The fourth-order valence-corrected chi connectivity index (χ4v) is 5.92. The van der Waals surface area contributed by atoms with Crippen LogP contribution in [0.2, 0.25) is 0 Å². The van der Waals surface area contributed by atoms with Crippen molar-refractivity contribution in [3.8, 4) is 11.5 Å². The molecule has 128 valence electrons. The molecule has 0 amide bonds. The van der Waals surface area contributed by atoms with E-state index in [4.69, 9.17) is 9.47 Å². The topological polar surface area (TPSA) is 55.8 Å². The van der Waals surface area contributed by atoms with Gasteiger partial charge >= 0.3 is 5.97 Å². The molecule has 2 fully saturated rings. The van der Waals surface area contributed by atoms with E-state index in [2.05, 4.69) is 26.8 Å². The Morgan fingerprint density at radius 2 is 2.04 bits per heavy atom. The first-order valence-electron chi connectivity index (χ1n) is 9.10. The Bertz CT molecular complexity index is 765. The normalized spacial score (nSPS) is 38.0. The molecule has 1 aromatic carbocycles. The average molecular weight is 328 g/mol. The molecular weight excluding hydrogens is 304 g/mol. The molecule has 1 saturated carbocycles. The molecule has 3 aliphatic heterocycles. The molecule has 24 heavy (non-hydrogen) atoms. The number of hydrogen-bond donors (Lipinski definition) is 1. The first-order chi connectivity index (χ1) is 11.4. The Morgan fingerprint density at radius 1 is 1.25 bits per heavy atom. The molecule has 5 aliphatic rings. The Hall–Kier alpha value is -1.71. The van der Waals surface area contributed by atoms with Gasteiger partial charge in [0.2, 0.25) is 0 Å². The minimum atomic E-state index is -0.694. The fraction of sp³-hybridized carbons (Fsp3) is 0.650. The molecule has 1 saturated heterocycles. The first-order valence-corrected chi connectivity index (χ1v) is 9.10. The number of fused-ring (bicyclic) bond motifs is 2. The van der Waals surface area contributed by atoms with E-state index in [9.17, 15) is 9.90 Å². The second kappa shape index (κ2) is 4.27. The van der Waals surface area contributed by atoms with Crippen LogP contribution in [0.3, 0.4) is 0 Å². The van der Waals surface area contributed by atoms with Gasteiger partial charge in [0.25, 0.3) is 0 Å². The molecule has 0 radical (unpaired) electrons. The fourth-order valence-electron chi connectivity index (χ4n) is 5.92. The summed E-state index contributed by atoms with van der Waals surface area (Å²) in [5.41, 5.74) is 2.28. The van der Waals surface area contributed by atoms with Gasteiger partial charge in [-0.2, -0.15) is 0 Å². The number of carbonyl (C=O) groups excluding carboxylic acids is 1. The third-order valence-electron chi connectivity index (χ3n) is 7.11. The van der Waals surface area contributed by atoms with Crippen molar-refractivity contribution in [3.63, 3.8) is 0 Å². The monoisotopic (exact) mass is 328 g/mol. The number of rotatable bonds is 0. The molecule has 4 atom stereocenters. The lowest BCUT2D eigenvalue weighted by Crippen LogP contribution is -2.59. The summed E-state index contributed by atoms with van der Waals surface area (Å²) < 4.78 is 11.6. The highest BCUT2D eigenvalue weighted by Crippen LogP contribution is 2.66. The van der Waals surface area contributed by atoms with Crippen LogP contribution >= 0.6 is 0 Å². The minimum Gasteiger partial charge on any atom is -0.504 e. The average Bonchev–Trinajstić information content (AvgIpc) is 2.89. The Balaban J connectivity index is 1.81. The number of hydrogen-bond acceptors (Lipinski definition) is 4. The molecule has 1 aromatic rings. The molecular formula is C20H24O4. The number of aromatic hydroxyl groups is 1. The van der Waals surface area contributed by atoms with Crippen molar-refractivity contribution < 1.29 is 19.4 Å². The summed E-state index contributed by atoms with van der Waals surface area (Å²) in [5, 5.41) is 11.1. The van der Waals surface area contributed by atoms with Gasteiger partial charge in [0, 0.05) is 22.6 Å². The van der Waals surface area contributed by atoms with Crippen LogP contribution < -0.4 is 4.74 Å². The predicted molar refractivity (Wildman–Crippen MR) is 88.3 cm³/mol. The van der Waals surface area contributed by atoms with Crippen molar-refractivity contribution in [1.82, 2.24) is 0 Å². The van der Waals surface area contributed by atoms with Crippen LogP contribution in [0, 0.1) is 11.3 Å². The second-order valence-electron chi connectivity index (χ2n) is 8.82. The third-order valence-corrected chi connectivity index (χ3v) is 7.11. The molecule has 2 aliphatic carbocycles. The van der Waals surface area contributed by atoms with Crippen molar-refractivity contribution >= 4 is 5.97 Å². The molecule has 2 bridgehead atoms. The summed E-state index contributed by atoms with van der Waals surface area (Å²) in [7, 11) is 0. The lowest BCUT2D eigenvalue weighted by atomic mass is 9.47. The smallest absolute Gasteiger partial charge is 0.317 e. The largest absolute Gasteiger partial charge is 0.504 e.